The Hall–Kier alpha value is -1.86. The molecule has 4 rings (SSSR count). The van der Waals surface area contributed by atoms with Crippen molar-refractivity contribution in [1.29, 1.82) is 0 Å². The van der Waals surface area contributed by atoms with E-state index in [4.69, 9.17) is 4.74 Å². The number of nitrogens with one attached hydrogen (secondary N) is 1. The minimum atomic E-state index is -0.248. The molecule has 1 aromatic heterocycles. The molecular weight excluding hydrogens is 312 g/mol. The van der Waals surface area contributed by atoms with Crippen LogP contribution in [0.4, 0.5) is 0 Å². The second-order valence-electron chi connectivity index (χ2n) is 5.82. The normalized spacial score (nSPS) is 23.8. The number of carbonyl (C=O) groups excluding carboxylic acids is 1. The predicted octanol–water partition coefficient (Wildman–Crippen LogP) is 1.90. The maximum atomic E-state index is 13.0. The van der Waals surface area contributed by atoms with Crippen molar-refractivity contribution < 1.29 is 9.53 Å². The zero-order chi connectivity index (χ0) is 15.8. The van der Waals surface area contributed by atoms with E-state index in [9.17, 15) is 4.79 Å². The molecule has 2 unspecified atom stereocenters. The maximum absolute atomic E-state index is 13.0. The first kappa shape index (κ1) is 14.7. The quantitative estimate of drug-likeness (QED) is 0.911. The molecule has 0 radical (unpaired) electrons. The third-order valence-corrected chi connectivity index (χ3v) is 5.46. The van der Waals surface area contributed by atoms with Gasteiger partial charge in [0, 0.05) is 17.2 Å². The van der Waals surface area contributed by atoms with Gasteiger partial charge in [0.2, 0.25) is 5.91 Å². The highest BCUT2D eigenvalue weighted by Crippen LogP contribution is 2.40. The van der Waals surface area contributed by atoms with Gasteiger partial charge in [0.15, 0.2) is 5.82 Å². The summed E-state index contributed by atoms with van der Waals surface area (Å²) in [6.45, 7) is 3.52. The Bertz CT molecular complexity index is 732. The van der Waals surface area contributed by atoms with Crippen LogP contribution in [0.1, 0.15) is 29.2 Å². The largest absolute Gasteiger partial charge is 0.366 e. The highest BCUT2D eigenvalue weighted by Gasteiger charge is 2.35. The molecule has 1 aromatic carbocycles. The van der Waals surface area contributed by atoms with Gasteiger partial charge in [-0.1, -0.05) is 18.2 Å². The number of fused-ring (bicyclic) bond motifs is 1. The predicted molar refractivity (Wildman–Crippen MR) is 86.3 cm³/mol. The molecule has 6 nitrogen and oxygen atoms in total. The Morgan fingerprint density at radius 1 is 1.43 bits per heavy atom. The number of thioether (sulfide) groups is 1. The fraction of sp³-hybridized carbons (Fsp3) is 0.438. The van der Waals surface area contributed by atoms with Crippen molar-refractivity contribution in [3.8, 4) is 0 Å². The summed E-state index contributed by atoms with van der Waals surface area (Å²) in [5.74, 6) is 2.33. The molecule has 1 amide bonds. The number of amides is 1. The summed E-state index contributed by atoms with van der Waals surface area (Å²) in [4.78, 5) is 20.4. The van der Waals surface area contributed by atoms with Crippen LogP contribution in [0.3, 0.4) is 0 Å². The molecule has 2 aliphatic heterocycles. The number of carbonyl (C=O) groups is 1. The SMILES string of the molecule is Cc1nc(C2CN(C(=O)C3CSc4ccccc43)CCO2)n[nH]1. The van der Waals surface area contributed by atoms with Gasteiger partial charge in [-0.05, 0) is 18.6 Å². The van der Waals surface area contributed by atoms with Gasteiger partial charge < -0.3 is 9.64 Å². The summed E-state index contributed by atoms with van der Waals surface area (Å²) in [5, 5.41) is 6.99. The van der Waals surface area contributed by atoms with Gasteiger partial charge in [0.05, 0.1) is 19.1 Å². The summed E-state index contributed by atoms with van der Waals surface area (Å²) in [7, 11) is 0. The average molecular weight is 330 g/mol. The number of H-pyrrole nitrogens is 1. The molecule has 2 aliphatic rings. The number of aromatic amines is 1. The van der Waals surface area contributed by atoms with E-state index in [0.717, 1.165) is 17.1 Å². The number of nitrogens with zero attached hydrogens (tertiary/aromatic N) is 3. The lowest BCUT2D eigenvalue weighted by Crippen LogP contribution is -2.44. The standard InChI is InChI=1S/C16H18N4O2S/c1-10-17-15(19-18-10)13-8-20(6-7-22-13)16(21)12-9-23-14-5-3-2-4-11(12)14/h2-5,12-13H,6-9H2,1H3,(H,17,18,19). The number of rotatable bonds is 2. The van der Waals surface area contributed by atoms with Gasteiger partial charge >= 0.3 is 0 Å². The van der Waals surface area contributed by atoms with Crippen molar-refractivity contribution in [2.24, 2.45) is 0 Å². The molecule has 0 aliphatic carbocycles. The van der Waals surface area contributed by atoms with Gasteiger partial charge in [-0.25, -0.2) is 4.98 Å². The Morgan fingerprint density at radius 2 is 2.30 bits per heavy atom. The number of hydrogen-bond acceptors (Lipinski definition) is 5. The Kier molecular flexibility index (Phi) is 3.82. The molecule has 120 valence electrons. The van der Waals surface area contributed by atoms with Gasteiger partial charge in [-0.15, -0.1) is 11.8 Å². The summed E-state index contributed by atoms with van der Waals surface area (Å²) in [6, 6.07) is 8.18. The molecule has 0 saturated carbocycles. The van der Waals surface area contributed by atoms with Crippen molar-refractivity contribution in [2.45, 2.75) is 23.8 Å². The number of benzene rings is 1. The first-order valence-corrected chi connectivity index (χ1v) is 8.72. The minimum Gasteiger partial charge on any atom is -0.366 e. The lowest BCUT2D eigenvalue weighted by Gasteiger charge is -2.33. The molecule has 7 heteroatoms. The summed E-state index contributed by atoms with van der Waals surface area (Å²) < 4.78 is 5.75. The van der Waals surface area contributed by atoms with Crippen LogP contribution in [-0.2, 0) is 9.53 Å². The zero-order valence-electron chi connectivity index (χ0n) is 12.9. The first-order chi connectivity index (χ1) is 11.2. The van der Waals surface area contributed by atoms with Gasteiger partial charge in [0.1, 0.15) is 11.9 Å². The highest BCUT2D eigenvalue weighted by molar-refractivity contribution is 7.99. The monoisotopic (exact) mass is 330 g/mol. The van der Waals surface area contributed by atoms with Crippen LogP contribution in [0, 0.1) is 6.92 Å². The zero-order valence-corrected chi connectivity index (χ0v) is 13.7. The Balaban J connectivity index is 1.51. The van der Waals surface area contributed by atoms with E-state index in [0.29, 0.717) is 25.5 Å². The van der Waals surface area contributed by atoms with Crippen molar-refractivity contribution in [1.82, 2.24) is 20.1 Å². The van der Waals surface area contributed by atoms with E-state index < -0.39 is 0 Å². The lowest BCUT2D eigenvalue weighted by atomic mass is 9.99. The second-order valence-corrected chi connectivity index (χ2v) is 6.89. The van der Waals surface area contributed by atoms with Crippen molar-refractivity contribution in [3.63, 3.8) is 0 Å². The van der Waals surface area contributed by atoms with Crippen molar-refractivity contribution >= 4 is 17.7 Å². The van der Waals surface area contributed by atoms with Crippen LogP contribution in [0.15, 0.2) is 29.2 Å². The smallest absolute Gasteiger partial charge is 0.231 e. The van der Waals surface area contributed by atoms with Gasteiger partial charge in [-0.3, -0.25) is 9.89 Å². The van der Waals surface area contributed by atoms with Gasteiger partial charge in [0.25, 0.3) is 0 Å². The van der Waals surface area contributed by atoms with E-state index >= 15 is 0 Å². The van der Waals surface area contributed by atoms with Crippen LogP contribution >= 0.6 is 11.8 Å². The fourth-order valence-electron chi connectivity index (χ4n) is 3.10. The topological polar surface area (TPSA) is 71.1 Å². The van der Waals surface area contributed by atoms with E-state index in [2.05, 4.69) is 27.3 Å². The first-order valence-electron chi connectivity index (χ1n) is 7.73. The number of ether oxygens (including phenoxy) is 1. The summed E-state index contributed by atoms with van der Waals surface area (Å²) in [6.07, 6.45) is -0.248. The number of morpholine rings is 1. The van der Waals surface area contributed by atoms with Crippen LogP contribution in [0.2, 0.25) is 0 Å². The van der Waals surface area contributed by atoms with E-state index in [-0.39, 0.29) is 17.9 Å². The highest BCUT2D eigenvalue weighted by atomic mass is 32.2. The molecule has 23 heavy (non-hydrogen) atoms. The van der Waals surface area contributed by atoms with Crippen LogP contribution in [0.5, 0.6) is 0 Å². The van der Waals surface area contributed by atoms with E-state index in [1.54, 1.807) is 11.8 Å². The molecule has 1 N–H and O–H groups in total. The lowest BCUT2D eigenvalue weighted by molar-refractivity contribution is -0.140. The van der Waals surface area contributed by atoms with Crippen LogP contribution < -0.4 is 0 Å². The fourth-order valence-corrected chi connectivity index (χ4v) is 4.32. The molecular formula is C16H18N4O2S. The van der Waals surface area contributed by atoms with Crippen LogP contribution in [0.25, 0.3) is 0 Å². The molecule has 1 saturated heterocycles. The molecule has 3 heterocycles. The van der Waals surface area contributed by atoms with Crippen LogP contribution in [-0.4, -0.2) is 51.4 Å². The Morgan fingerprint density at radius 3 is 3.13 bits per heavy atom. The summed E-state index contributed by atoms with van der Waals surface area (Å²) in [5.41, 5.74) is 1.15. The number of aromatic nitrogens is 3. The minimum absolute atomic E-state index is 0.0520. The molecule has 2 atom stereocenters. The molecule has 2 aromatic rings. The third-order valence-electron chi connectivity index (χ3n) is 4.28. The maximum Gasteiger partial charge on any atom is 0.231 e. The number of hydrogen-bond donors (Lipinski definition) is 1. The second kappa shape index (κ2) is 5.98. The average Bonchev–Trinajstić information content (AvgIpc) is 3.20. The molecule has 1 fully saturated rings. The number of aryl methyl sites for hydroxylation is 1. The van der Waals surface area contributed by atoms with Crippen molar-refractivity contribution in [3.05, 3.63) is 41.5 Å². The van der Waals surface area contributed by atoms with Gasteiger partial charge in [-0.2, -0.15) is 5.10 Å². The summed E-state index contributed by atoms with van der Waals surface area (Å²) >= 11 is 1.76. The third kappa shape index (κ3) is 2.74. The van der Waals surface area contributed by atoms with Crippen molar-refractivity contribution in [2.75, 3.05) is 25.4 Å². The Labute approximate surface area is 138 Å². The molecule has 0 spiro atoms. The van der Waals surface area contributed by atoms with E-state index in [1.165, 1.54) is 4.90 Å². The van der Waals surface area contributed by atoms with E-state index in [1.807, 2.05) is 24.0 Å². The molecule has 0 bridgehead atoms.